The molecule has 0 aliphatic carbocycles. The first-order valence-corrected chi connectivity index (χ1v) is 4.69. The third-order valence-electron chi connectivity index (χ3n) is 1.98. The zero-order valence-electron chi connectivity index (χ0n) is 9.10. The number of carbonyl (C=O) groups excluding carboxylic acids is 2. The Bertz CT molecular complexity index is 385. The molecule has 0 saturated heterocycles. The molecule has 0 heterocycles. The van der Waals surface area contributed by atoms with Crippen molar-refractivity contribution in [3.8, 4) is 5.75 Å². The van der Waals surface area contributed by atoms with Crippen LogP contribution in [-0.2, 0) is 9.53 Å². The molecule has 0 aliphatic rings. The largest absolute Gasteiger partial charge is 0.479 e. The number of ether oxygens (including phenoxy) is 2. The van der Waals surface area contributed by atoms with Crippen LogP contribution in [0.1, 0.15) is 17.3 Å². The molecule has 1 rings (SSSR count). The lowest BCUT2D eigenvalue weighted by molar-refractivity contribution is -0.147. The van der Waals surface area contributed by atoms with Crippen molar-refractivity contribution < 1.29 is 19.1 Å². The molecule has 1 unspecified atom stereocenters. The van der Waals surface area contributed by atoms with E-state index in [1.54, 1.807) is 19.1 Å². The van der Waals surface area contributed by atoms with Crippen LogP contribution in [-0.4, -0.2) is 25.1 Å². The van der Waals surface area contributed by atoms with Gasteiger partial charge in [-0.1, -0.05) is 0 Å². The standard InChI is InChI=1S/C11H13NO4/c1-7(11(14)15-2)16-9-5-3-8(4-6-9)10(12)13/h3-7H,1-2H3,(H2,12,13). The van der Waals surface area contributed by atoms with E-state index in [1.165, 1.54) is 19.2 Å². The van der Waals surface area contributed by atoms with E-state index < -0.39 is 18.0 Å². The van der Waals surface area contributed by atoms with Gasteiger partial charge in [0.1, 0.15) is 5.75 Å². The number of primary amides is 1. The van der Waals surface area contributed by atoms with E-state index in [4.69, 9.17) is 10.5 Å². The van der Waals surface area contributed by atoms with Crippen LogP contribution in [0.5, 0.6) is 5.75 Å². The molecule has 2 N–H and O–H groups in total. The van der Waals surface area contributed by atoms with Crippen LogP contribution in [0.25, 0.3) is 0 Å². The van der Waals surface area contributed by atoms with E-state index in [0.29, 0.717) is 11.3 Å². The summed E-state index contributed by atoms with van der Waals surface area (Å²) in [4.78, 5) is 21.9. The topological polar surface area (TPSA) is 78.6 Å². The van der Waals surface area contributed by atoms with Gasteiger partial charge in [-0.3, -0.25) is 4.79 Å². The summed E-state index contributed by atoms with van der Waals surface area (Å²) in [6, 6.07) is 6.20. The van der Waals surface area contributed by atoms with Gasteiger partial charge < -0.3 is 15.2 Å². The van der Waals surface area contributed by atoms with E-state index in [2.05, 4.69) is 4.74 Å². The SMILES string of the molecule is COC(=O)C(C)Oc1ccc(C(N)=O)cc1. The minimum Gasteiger partial charge on any atom is -0.479 e. The van der Waals surface area contributed by atoms with Crippen molar-refractivity contribution in [2.75, 3.05) is 7.11 Å². The number of hydrogen-bond acceptors (Lipinski definition) is 4. The lowest BCUT2D eigenvalue weighted by Crippen LogP contribution is -2.24. The average molecular weight is 223 g/mol. The summed E-state index contributed by atoms with van der Waals surface area (Å²) >= 11 is 0. The minimum absolute atomic E-state index is 0.387. The second kappa shape index (κ2) is 5.16. The molecule has 0 aromatic heterocycles. The van der Waals surface area contributed by atoms with Crippen LogP contribution < -0.4 is 10.5 Å². The predicted molar refractivity (Wildman–Crippen MR) is 57.1 cm³/mol. The van der Waals surface area contributed by atoms with Crippen molar-refractivity contribution >= 4 is 11.9 Å². The number of amides is 1. The number of nitrogens with two attached hydrogens (primary N) is 1. The Morgan fingerprint density at radius 1 is 1.25 bits per heavy atom. The second-order valence-electron chi connectivity index (χ2n) is 3.17. The van der Waals surface area contributed by atoms with Crippen LogP contribution in [0.15, 0.2) is 24.3 Å². The molecule has 5 heteroatoms. The van der Waals surface area contributed by atoms with Gasteiger partial charge >= 0.3 is 5.97 Å². The van der Waals surface area contributed by atoms with Gasteiger partial charge in [-0.15, -0.1) is 0 Å². The highest BCUT2D eigenvalue weighted by Gasteiger charge is 2.14. The normalized spacial score (nSPS) is 11.6. The fraction of sp³-hybridized carbons (Fsp3) is 0.273. The van der Waals surface area contributed by atoms with Crippen molar-refractivity contribution in [3.63, 3.8) is 0 Å². The van der Waals surface area contributed by atoms with Gasteiger partial charge in [0.2, 0.25) is 5.91 Å². The monoisotopic (exact) mass is 223 g/mol. The smallest absolute Gasteiger partial charge is 0.346 e. The highest BCUT2D eigenvalue weighted by Crippen LogP contribution is 2.13. The summed E-state index contributed by atoms with van der Waals surface area (Å²) in [5.41, 5.74) is 5.47. The Morgan fingerprint density at radius 2 is 1.81 bits per heavy atom. The van der Waals surface area contributed by atoms with Gasteiger partial charge in [-0.2, -0.15) is 0 Å². The molecule has 1 aromatic carbocycles. The first-order chi connectivity index (χ1) is 7.54. The molecule has 1 atom stereocenters. The second-order valence-corrected chi connectivity index (χ2v) is 3.17. The Kier molecular flexibility index (Phi) is 3.88. The number of carbonyl (C=O) groups is 2. The summed E-state index contributed by atoms with van der Waals surface area (Å²) in [6.07, 6.45) is -0.690. The van der Waals surface area contributed by atoms with Gasteiger partial charge in [0.05, 0.1) is 7.11 Å². The van der Waals surface area contributed by atoms with Gasteiger partial charge in [0, 0.05) is 5.56 Å². The van der Waals surface area contributed by atoms with E-state index >= 15 is 0 Å². The number of hydrogen-bond donors (Lipinski definition) is 1. The first kappa shape index (κ1) is 12.0. The van der Waals surface area contributed by atoms with Crippen molar-refractivity contribution in [2.45, 2.75) is 13.0 Å². The summed E-state index contributed by atoms with van der Waals surface area (Å²) in [7, 11) is 1.29. The van der Waals surface area contributed by atoms with Crippen LogP contribution in [0.4, 0.5) is 0 Å². The van der Waals surface area contributed by atoms with Crippen molar-refractivity contribution in [1.29, 1.82) is 0 Å². The molecule has 0 radical (unpaired) electrons. The fourth-order valence-electron chi connectivity index (χ4n) is 1.12. The van der Waals surface area contributed by atoms with E-state index in [-0.39, 0.29) is 0 Å². The van der Waals surface area contributed by atoms with Crippen LogP contribution in [0.3, 0.4) is 0 Å². The molecule has 5 nitrogen and oxygen atoms in total. The predicted octanol–water partition coefficient (Wildman–Crippen LogP) is 0.726. The maximum Gasteiger partial charge on any atom is 0.346 e. The summed E-state index contributed by atoms with van der Waals surface area (Å²) in [5, 5.41) is 0. The Labute approximate surface area is 93.1 Å². The lowest BCUT2D eigenvalue weighted by Gasteiger charge is -2.12. The van der Waals surface area contributed by atoms with Crippen molar-refractivity contribution in [3.05, 3.63) is 29.8 Å². The van der Waals surface area contributed by atoms with E-state index in [1.807, 2.05) is 0 Å². The van der Waals surface area contributed by atoms with Crippen LogP contribution in [0, 0.1) is 0 Å². The molecular weight excluding hydrogens is 210 g/mol. The van der Waals surface area contributed by atoms with Crippen molar-refractivity contribution in [1.82, 2.24) is 0 Å². The highest BCUT2D eigenvalue weighted by atomic mass is 16.6. The third kappa shape index (κ3) is 2.98. The van der Waals surface area contributed by atoms with Crippen LogP contribution >= 0.6 is 0 Å². The van der Waals surface area contributed by atoms with Gasteiger partial charge in [0.15, 0.2) is 6.10 Å². The number of methoxy groups -OCH3 is 1. The summed E-state index contributed by atoms with van der Waals surface area (Å²) in [6.45, 7) is 1.58. The van der Waals surface area contributed by atoms with Gasteiger partial charge in [-0.05, 0) is 31.2 Å². The summed E-state index contributed by atoms with van der Waals surface area (Å²) < 4.78 is 9.78. The molecule has 0 aliphatic heterocycles. The maximum absolute atomic E-state index is 11.1. The molecule has 0 bridgehead atoms. The molecule has 0 saturated carbocycles. The number of esters is 1. The highest BCUT2D eigenvalue weighted by molar-refractivity contribution is 5.92. The summed E-state index contributed by atoms with van der Waals surface area (Å²) in [5.74, 6) is -0.491. The number of rotatable bonds is 4. The molecule has 16 heavy (non-hydrogen) atoms. The van der Waals surface area contributed by atoms with E-state index in [0.717, 1.165) is 0 Å². The molecule has 86 valence electrons. The van der Waals surface area contributed by atoms with Crippen molar-refractivity contribution in [2.24, 2.45) is 5.73 Å². The fourth-order valence-corrected chi connectivity index (χ4v) is 1.12. The molecule has 0 fully saturated rings. The zero-order valence-corrected chi connectivity index (χ0v) is 9.10. The quantitative estimate of drug-likeness (QED) is 0.763. The molecular formula is C11H13NO4. The first-order valence-electron chi connectivity index (χ1n) is 4.69. The Balaban J connectivity index is 2.68. The Morgan fingerprint density at radius 3 is 2.25 bits per heavy atom. The molecule has 1 aromatic rings. The van der Waals surface area contributed by atoms with E-state index in [9.17, 15) is 9.59 Å². The molecule has 0 spiro atoms. The number of benzene rings is 1. The molecule has 1 amide bonds. The third-order valence-corrected chi connectivity index (χ3v) is 1.98. The van der Waals surface area contributed by atoms with Crippen LogP contribution in [0.2, 0.25) is 0 Å². The average Bonchev–Trinajstić information content (AvgIpc) is 2.28. The maximum atomic E-state index is 11.1. The van der Waals surface area contributed by atoms with Gasteiger partial charge in [-0.25, -0.2) is 4.79 Å². The minimum atomic E-state index is -0.690. The van der Waals surface area contributed by atoms with Gasteiger partial charge in [0.25, 0.3) is 0 Å². The zero-order chi connectivity index (χ0) is 12.1. The lowest BCUT2D eigenvalue weighted by atomic mass is 10.2. The Hall–Kier alpha value is -2.04.